The number of carbonyl (C=O) groups excluding carboxylic acids is 1. The Balaban J connectivity index is 1.34. The Morgan fingerprint density at radius 1 is 1.15 bits per heavy atom. The van der Waals surface area contributed by atoms with Gasteiger partial charge >= 0.3 is 6.09 Å². The van der Waals surface area contributed by atoms with Crippen molar-refractivity contribution in [1.29, 1.82) is 0 Å². The number of ether oxygens (including phenoxy) is 2. The van der Waals surface area contributed by atoms with Gasteiger partial charge in [-0.25, -0.2) is 19.3 Å². The zero-order valence-electron chi connectivity index (χ0n) is 23.6. The summed E-state index contributed by atoms with van der Waals surface area (Å²) >= 11 is 0. The number of hydrogen-bond donors (Lipinski definition) is 1. The van der Waals surface area contributed by atoms with Crippen LogP contribution in [-0.2, 0) is 11.8 Å². The third-order valence-corrected chi connectivity index (χ3v) is 6.55. The average Bonchev–Trinajstić information content (AvgIpc) is 3.51. The molecule has 0 radical (unpaired) electrons. The monoisotopic (exact) mass is 532 g/mol. The fraction of sp³-hybridized carbons (Fsp3) is 0.464. The van der Waals surface area contributed by atoms with E-state index in [4.69, 9.17) is 9.47 Å². The minimum Gasteiger partial charge on any atom is -0.487 e. The Hall–Kier alpha value is -4.15. The zero-order chi connectivity index (χ0) is 27.9. The van der Waals surface area contributed by atoms with Crippen LogP contribution in [0.2, 0.25) is 0 Å². The second kappa shape index (κ2) is 10.2. The highest BCUT2D eigenvalue weighted by molar-refractivity contribution is 5.73. The number of hydrogen-bond acceptors (Lipinski definition) is 8. The average molecular weight is 533 g/mol. The van der Waals surface area contributed by atoms with E-state index in [0.29, 0.717) is 42.3 Å². The van der Waals surface area contributed by atoms with Crippen LogP contribution in [0.5, 0.6) is 5.75 Å². The number of aryl methyl sites for hydroxylation is 3. The summed E-state index contributed by atoms with van der Waals surface area (Å²) in [7, 11) is 1.89. The molecule has 39 heavy (non-hydrogen) atoms. The van der Waals surface area contributed by atoms with Crippen LogP contribution in [0.25, 0.3) is 16.8 Å². The lowest BCUT2D eigenvalue weighted by atomic mass is 10.1. The molecule has 11 nitrogen and oxygen atoms in total. The van der Waals surface area contributed by atoms with Gasteiger partial charge in [-0.3, -0.25) is 4.68 Å². The van der Waals surface area contributed by atoms with E-state index < -0.39 is 5.60 Å². The predicted molar refractivity (Wildman–Crippen MR) is 148 cm³/mol. The van der Waals surface area contributed by atoms with Crippen LogP contribution in [0.4, 0.5) is 16.4 Å². The van der Waals surface area contributed by atoms with Crippen molar-refractivity contribution in [3.05, 3.63) is 48.2 Å². The van der Waals surface area contributed by atoms with Crippen molar-refractivity contribution in [1.82, 2.24) is 34.3 Å². The highest BCUT2D eigenvalue weighted by Crippen LogP contribution is 2.32. The summed E-state index contributed by atoms with van der Waals surface area (Å²) < 4.78 is 15.5. The lowest BCUT2D eigenvalue weighted by molar-refractivity contribution is 0.0184. The van der Waals surface area contributed by atoms with Gasteiger partial charge in [0.2, 0.25) is 0 Å². The van der Waals surface area contributed by atoms with Crippen LogP contribution in [0.3, 0.4) is 0 Å². The number of nitrogens with zero attached hydrogens (tertiary/aromatic N) is 7. The maximum absolute atomic E-state index is 12.8. The molecule has 206 valence electrons. The molecule has 0 unspecified atom stereocenters. The molecule has 0 saturated carbocycles. The molecule has 5 heterocycles. The number of anilines is 2. The number of aromatic nitrogens is 6. The Kier molecular flexibility index (Phi) is 6.92. The van der Waals surface area contributed by atoms with Gasteiger partial charge in [-0.15, -0.1) is 0 Å². The minimum atomic E-state index is -0.542. The van der Waals surface area contributed by atoms with Gasteiger partial charge in [0.25, 0.3) is 0 Å². The first-order valence-electron chi connectivity index (χ1n) is 13.2. The number of amides is 1. The number of likely N-dealkylation sites (tertiary alicyclic amines) is 1. The summed E-state index contributed by atoms with van der Waals surface area (Å²) in [4.78, 5) is 23.4. The summed E-state index contributed by atoms with van der Waals surface area (Å²) in [5, 5.41) is 12.3. The molecule has 0 aliphatic carbocycles. The molecule has 11 heteroatoms. The van der Waals surface area contributed by atoms with Gasteiger partial charge in [-0.1, -0.05) is 6.92 Å². The number of fused-ring (bicyclic) bond motifs is 1. The largest absolute Gasteiger partial charge is 0.487 e. The van der Waals surface area contributed by atoms with Crippen molar-refractivity contribution in [2.75, 3.05) is 18.5 Å². The molecule has 2 atom stereocenters. The van der Waals surface area contributed by atoms with Gasteiger partial charge in [-0.05, 0) is 59.1 Å². The minimum absolute atomic E-state index is 0.0667. The van der Waals surface area contributed by atoms with E-state index in [1.807, 2.05) is 76.6 Å². The molecule has 0 aromatic carbocycles. The Morgan fingerprint density at radius 2 is 1.95 bits per heavy atom. The molecular formula is C28H36N8O3. The SMILES string of the molecule is Cc1cc(Nc2cc3cc(-c4c(OC[C@H]5C[C@H](C)CN5C(=O)OC(C)(C)C)cnn4C)ccn3n2)nc(C)n1. The first kappa shape index (κ1) is 26.5. The van der Waals surface area contributed by atoms with Crippen molar-refractivity contribution in [2.24, 2.45) is 13.0 Å². The molecule has 4 aromatic rings. The van der Waals surface area contributed by atoms with E-state index >= 15 is 0 Å². The Labute approximate surface area is 228 Å². The lowest BCUT2D eigenvalue weighted by Crippen LogP contribution is -2.42. The Morgan fingerprint density at radius 3 is 2.69 bits per heavy atom. The molecule has 1 aliphatic rings. The molecule has 1 saturated heterocycles. The first-order valence-corrected chi connectivity index (χ1v) is 13.2. The summed E-state index contributed by atoms with van der Waals surface area (Å²) in [5.41, 5.74) is 3.05. The van der Waals surface area contributed by atoms with Crippen molar-refractivity contribution < 1.29 is 14.3 Å². The van der Waals surface area contributed by atoms with Gasteiger partial charge < -0.3 is 19.7 Å². The highest BCUT2D eigenvalue weighted by atomic mass is 16.6. The van der Waals surface area contributed by atoms with E-state index in [2.05, 4.69) is 32.4 Å². The van der Waals surface area contributed by atoms with Crippen molar-refractivity contribution in [3.8, 4) is 17.0 Å². The lowest BCUT2D eigenvalue weighted by Gasteiger charge is -2.28. The second-order valence-electron chi connectivity index (χ2n) is 11.3. The molecule has 5 rings (SSSR count). The topological polar surface area (TPSA) is 112 Å². The van der Waals surface area contributed by atoms with Gasteiger partial charge in [0.15, 0.2) is 11.6 Å². The highest BCUT2D eigenvalue weighted by Gasteiger charge is 2.36. The van der Waals surface area contributed by atoms with Crippen LogP contribution in [0.1, 0.15) is 45.6 Å². The van der Waals surface area contributed by atoms with Crippen molar-refractivity contribution >= 4 is 23.2 Å². The molecule has 1 amide bonds. The maximum atomic E-state index is 12.8. The quantitative estimate of drug-likeness (QED) is 0.373. The van der Waals surface area contributed by atoms with E-state index in [-0.39, 0.29) is 12.1 Å². The van der Waals surface area contributed by atoms with Crippen LogP contribution in [0.15, 0.2) is 36.7 Å². The van der Waals surface area contributed by atoms with E-state index in [9.17, 15) is 4.79 Å². The molecule has 0 spiro atoms. The second-order valence-corrected chi connectivity index (χ2v) is 11.3. The number of carbonyl (C=O) groups is 1. The fourth-order valence-electron chi connectivity index (χ4n) is 5.01. The first-order chi connectivity index (χ1) is 18.4. The molecule has 4 aromatic heterocycles. The van der Waals surface area contributed by atoms with Crippen LogP contribution in [0, 0.1) is 19.8 Å². The van der Waals surface area contributed by atoms with Crippen molar-refractivity contribution in [2.45, 2.75) is 59.6 Å². The summed E-state index contributed by atoms with van der Waals surface area (Å²) in [5.74, 6) is 3.13. The van der Waals surface area contributed by atoms with E-state index in [1.54, 1.807) is 15.8 Å². The maximum Gasteiger partial charge on any atom is 0.410 e. The third-order valence-electron chi connectivity index (χ3n) is 6.55. The standard InChI is InChI=1S/C28H36N8O3/c1-17-10-22(35(15-17)27(37)39-28(4,5)6)16-38-23-14-29-34(7)26(23)20-8-9-36-21(12-20)13-25(33-36)32-24-11-18(2)30-19(3)31-24/h8-9,11-14,17,22H,10,15-16H2,1-7H3,(H,30,31,32,33)/t17-,22+/m0/s1. The smallest absolute Gasteiger partial charge is 0.410 e. The molecular weight excluding hydrogens is 496 g/mol. The summed E-state index contributed by atoms with van der Waals surface area (Å²) in [6, 6.07) is 7.81. The van der Waals surface area contributed by atoms with Crippen LogP contribution < -0.4 is 10.1 Å². The molecule has 1 fully saturated rings. The van der Waals surface area contributed by atoms with Crippen molar-refractivity contribution in [3.63, 3.8) is 0 Å². The van der Waals surface area contributed by atoms with Gasteiger partial charge in [0.1, 0.15) is 29.5 Å². The van der Waals surface area contributed by atoms with Crippen LogP contribution in [-0.4, -0.2) is 65.2 Å². The molecule has 0 bridgehead atoms. The van der Waals surface area contributed by atoms with E-state index in [1.165, 1.54) is 0 Å². The Bertz CT molecular complexity index is 1480. The fourth-order valence-corrected chi connectivity index (χ4v) is 5.01. The normalized spacial score (nSPS) is 17.6. The van der Waals surface area contributed by atoms with Gasteiger partial charge in [0.05, 0.1) is 17.8 Å². The zero-order valence-corrected chi connectivity index (χ0v) is 23.6. The summed E-state index contributed by atoms with van der Waals surface area (Å²) in [6.07, 6.45) is 4.19. The molecule has 1 N–H and O–H groups in total. The number of rotatable bonds is 6. The number of pyridine rings is 1. The van der Waals surface area contributed by atoms with E-state index in [0.717, 1.165) is 28.9 Å². The molecule has 1 aliphatic heterocycles. The van der Waals surface area contributed by atoms with Gasteiger partial charge in [-0.2, -0.15) is 10.2 Å². The van der Waals surface area contributed by atoms with Crippen LogP contribution >= 0.6 is 0 Å². The van der Waals surface area contributed by atoms with Gasteiger partial charge in [0, 0.05) is 43.2 Å². The third kappa shape index (κ3) is 5.97. The number of nitrogens with one attached hydrogen (secondary N) is 1. The predicted octanol–water partition coefficient (Wildman–Crippen LogP) is 4.91. The summed E-state index contributed by atoms with van der Waals surface area (Å²) in [6.45, 7) is 12.6.